The van der Waals surface area contributed by atoms with E-state index in [9.17, 15) is 4.79 Å². The lowest BCUT2D eigenvalue weighted by Crippen LogP contribution is -2.31. The second kappa shape index (κ2) is 5.29. The van der Waals surface area contributed by atoms with Gasteiger partial charge in [0.2, 0.25) is 0 Å². The normalized spacial score (nSPS) is 19.1. The summed E-state index contributed by atoms with van der Waals surface area (Å²) in [6.45, 7) is 2.09. The smallest absolute Gasteiger partial charge is 0.170 e. The Balaban J connectivity index is 1.88. The third kappa shape index (κ3) is 2.44. The van der Waals surface area contributed by atoms with Crippen LogP contribution in [0, 0.1) is 0 Å². The fourth-order valence-electron chi connectivity index (χ4n) is 2.57. The molecule has 1 aliphatic heterocycles. The van der Waals surface area contributed by atoms with Gasteiger partial charge >= 0.3 is 0 Å². The summed E-state index contributed by atoms with van der Waals surface area (Å²) in [5.74, 6) is 0.906. The van der Waals surface area contributed by atoms with E-state index in [0.717, 1.165) is 0 Å². The maximum atomic E-state index is 12.2. The molecule has 3 rings (SSSR count). The molecule has 1 heterocycles. The van der Waals surface area contributed by atoms with Gasteiger partial charge in [0.15, 0.2) is 5.78 Å². The Morgan fingerprint density at radius 2 is 1.95 bits per heavy atom. The molecule has 0 bridgehead atoms. The molecule has 0 saturated carbocycles. The third-order valence-electron chi connectivity index (χ3n) is 3.79. The fourth-order valence-corrected chi connectivity index (χ4v) is 2.74. The largest absolute Gasteiger partial charge is 0.489 e. The lowest BCUT2D eigenvalue weighted by molar-refractivity contribution is 0.0817. The van der Waals surface area contributed by atoms with Gasteiger partial charge in [-0.05, 0) is 23.8 Å². The van der Waals surface area contributed by atoms with Gasteiger partial charge in [-0.1, -0.05) is 48.9 Å². The maximum Gasteiger partial charge on any atom is 0.170 e. The zero-order valence-electron chi connectivity index (χ0n) is 11.2. The van der Waals surface area contributed by atoms with Crippen molar-refractivity contribution in [1.82, 2.24) is 0 Å². The predicted molar refractivity (Wildman–Crippen MR) is 79.7 cm³/mol. The molecule has 1 aliphatic rings. The lowest BCUT2D eigenvalue weighted by atomic mass is 9.89. The van der Waals surface area contributed by atoms with Crippen LogP contribution in [-0.4, -0.2) is 11.9 Å². The number of carbonyl (C=O) groups excluding carboxylic acids is 1. The SMILES string of the molecule is CC(c1ccccc1)C1CC(=O)c2cc(Cl)ccc2O1. The number of carbonyl (C=O) groups is 1. The number of hydrogen-bond acceptors (Lipinski definition) is 2. The van der Waals surface area contributed by atoms with Gasteiger partial charge in [0, 0.05) is 17.4 Å². The summed E-state index contributed by atoms with van der Waals surface area (Å²) >= 11 is 5.93. The van der Waals surface area contributed by atoms with E-state index in [1.807, 2.05) is 18.2 Å². The second-order valence-corrected chi connectivity index (χ2v) is 5.56. The fraction of sp³-hybridized carbons (Fsp3) is 0.235. The Bertz CT molecular complexity index is 637. The number of Topliss-reactive ketones (excluding diaryl/α,β-unsaturated/α-hetero) is 1. The molecule has 0 radical (unpaired) electrons. The van der Waals surface area contributed by atoms with Gasteiger partial charge in [-0.15, -0.1) is 0 Å². The highest BCUT2D eigenvalue weighted by molar-refractivity contribution is 6.31. The minimum Gasteiger partial charge on any atom is -0.489 e. The minimum atomic E-state index is -0.126. The van der Waals surface area contributed by atoms with Gasteiger partial charge in [0.25, 0.3) is 0 Å². The molecule has 3 heteroatoms. The molecule has 0 N–H and O–H groups in total. The highest BCUT2D eigenvalue weighted by atomic mass is 35.5. The van der Waals surface area contributed by atoms with Crippen molar-refractivity contribution < 1.29 is 9.53 Å². The van der Waals surface area contributed by atoms with Crippen LogP contribution in [-0.2, 0) is 0 Å². The number of ketones is 1. The Kier molecular flexibility index (Phi) is 3.49. The minimum absolute atomic E-state index is 0.0986. The Morgan fingerprint density at radius 1 is 1.20 bits per heavy atom. The van der Waals surface area contributed by atoms with Crippen molar-refractivity contribution in [2.45, 2.75) is 25.4 Å². The van der Waals surface area contributed by atoms with Gasteiger partial charge in [-0.3, -0.25) is 4.79 Å². The van der Waals surface area contributed by atoms with Crippen molar-refractivity contribution in [3.8, 4) is 5.75 Å². The van der Waals surface area contributed by atoms with Crippen molar-refractivity contribution in [2.24, 2.45) is 0 Å². The molecule has 2 aromatic carbocycles. The summed E-state index contributed by atoms with van der Waals surface area (Å²) in [7, 11) is 0. The van der Waals surface area contributed by atoms with Crippen molar-refractivity contribution in [3.05, 3.63) is 64.7 Å². The first kappa shape index (κ1) is 13.2. The summed E-state index contributed by atoms with van der Waals surface area (Å²) in [5.41, 5.74) is 1.77. The molecule has 20 heavy (non-hydrogen) atoms. The highest BCUT2D eigenvalue weighted by Gasteiger charge is 2.30. The summed E-state index contributed by atoms with van der Waals surface area (Å²) < 4.78 is 5.99. The van der Waals surface area contributed by atoms with Crippen LogP contribution < -0.4 is 4.74 Å². The molecule has 2 nitrogen and oxygen atoms in total. The molecule has 0 saturated heterocycles. The van der Waals surface area contributed by atoms with Crippen LogP contribution >= 0.6 is 11.6 Å². The summed E-state index contributed by atoms with van der Waals surface area (Å²) in [5, 5.41) is 0.565. The van der Waals surface area contributed by atoms with Crippen molar-refractivity contribution in [3.63, 3.8) is 0 Å². The van der Waals surface area contributed by atoms with Crippen LogP contribution in [0.4, 0.5) is 0 Å². The van der Waals surface area contributed by atoms with Crippen LogP contribution in [0.5, 0.6) is 5.75 Å². The monoisotopic (exact) mass is 286 g/mol. The molecule has 2 atom stereocenters. The predicted octanol–water partition coefficient (Wildman–Crippen LogP) is 4.48. The van der Waals surface area contributed by atoms with E-state index in [1.165, 1.54) is 5.56 Å². The maximum absolute atomic E-state index is 12.2. The first-order chi connectivity index (χ1) is 9.65. The molecule has 0 spiro atoms. The van der Waals surface area contributed by atoms with Gasteiger partial charge in [0.05, 0.1) is 5.56 Å². The van der Waals surface area contributed by atoms with Crippen LogP contribution in [0.1, 0.15) is 35.2 Å². The molecule has 0 fully saturated rings. The van der Waals surface area contributed by atoms with Crippen LogP contribution in [0.3, 0.4) is 0 Å². The highest BCUT2D eigenvalue weighted by Crippen LogP contribution is 2.34. The average molecular weight is 287 g/mol. The number of halogens is 1. The molecule has 0 amide bonds. The zero-order valence-corrected chi connectivity index (χ0v) is 11.9. The van der Waals surface area contributed by atoms with E-state index < -0.39 is 0 Å². The molecule has 102 valence electrons. The number of ether oxygens (including phenoxy) is 1. The first-order valence-corrected chi connectivity index (χ1v) is 7.07. The molecular weight excluding hydrogens is 272 g/mol. The number of hydrogen-bond donors (Lipinski definition) is 0. The van der Waals surface area contributed by atoms with Crippen LogP contribution in [0.15, 0.2) is 48.5 Å². The number of rotatable bonds is 2. The van der Waals surface area contributed by atoms with E-state index in [-0.39, 0.29) is 17.8 Å². The lowest BCUT2D eigenvalue weighted by Gasteiger charge is -2.30. The Morgan fingerprint density at radius 3 is 2.70 bits per heavy atom. The zero-order chi connectivity index (χ0) is 14.1. The van der Waals surface area contributed by atoms with Crippen molar-refractivity contribution >= 4 is 17.4 Å². The first-order valence-electron chi connectivity index (χ1n) is 6.69. The van der Waals surface area contributed by atoms with Gasteiger partial charge < -0.3 is 4.74 Å². The van der Waals surface area contributed by atoms with E-state index in [1.54, 1.807) is 18.2 Å². The standard InChI is InChI=1S/C17H15ClO2/c1-11(12-5-3-2-4-6-12)17-10-15(19)14-9-13(18)7-8-16(14)20-17/h2-9,11,17H,10H2,1H3. The molecule has 0 aliphatic carbocycles. The van der Waals surface area contributed by atoms with Gasteiger partial charge in [0.1, 0.15) is 11.9 Å². The average Bonchev–Trinajstić information content (AvgIpc) is 2.48. The summed E-state index contributed by atoms with van der Waals surface area (Å²) in [6, 6.07) is 15.3. The molecular formula is C17H15ClO2. The van der Waals surface area contributed by atoms with Crippen molar-refractivity contribution in [2.75, 3.05) is 0 Å². The quantitative estimate of drug-likeness (QED) is 0.814. The summed E-state index contributed by atoms with van der Waals surface area (Å²) in [6.07, 6.45) is 0.266. The second-order valence-electron chi connectivity index (χ2n) is 5.12. The number of benzene rings is 2. The number of fused-ring (bicyclic) bond motifs is 1. The van der Waals surface area contributed by atoms with Crippen LogP contribution in [0.25, 0.3) is 0 Å². The Hall–Kier alpha value is -1.80. The van der Waals surface area contributed by atoms with E-state index in [2.05, 4.69) is 19.1 Å². The molecule has 0 aromatic heterocycles. The molecule has 2 aromatic rings. The van der Waals surface area contributed by atoms with Crippen LogP contribution in [0.2, 0.25) is 5.02 Å². The summed E-state index contributed by atoms with van der Waals surface area (Å²) in [4.78, 5) is 12.2. The van der Waals surface area contributed by atoms with Crippen molar-refractivity contribution in [1.29, 1.82) is 0 Å². The molecule has 2 unspecified atom stereocenters. The van der Waals surface area contributed by atoms with Gasteiger partial charge in [-0.25, -0.2) is 0 Å². The third-order valence-corrected chi connectivity index (χ3v) is 4.03. The van der Waals surface area contributed by atoms with E-state index in [0.29, 0.717) is 22.8 Å². The van der Waals surface area contributed by atoms with E-state index in [4.69, 9.17) is 16.3 Å². The van der Waals surface area contributed by atoms with E-state index >= 15 is 0 Å². The Labute approximate surface area is 123 Å². The van der Waals surface area contributed by atoms with Gasteiger partial charge in [-0.2, -0.15) is 0 Å². The topological polar surface area (TPSA) is 26.3 Å².